The fourth-order valence-electron chi connectivity index (χ4n) is 4.64. The standard InChI is InChI=1S/C16H31NO/c1-14(2)11-13(15(3,4)18-14)16(12-17)9-7-5-6-8-10-16/h13H,5-12,17H2,1-4H3. The van der Waals surface area contributed by atoms with Crippen molar-refractivity contribution >= 4 is 0 Å². The summed E-state index contributed by atoms with van der Waals surface area (Å²) >= 11 is 0. The van der Waals surface area contributed by atoms with Crippen LogP contribution < -0.4 is 5.73 Å². The van der Waals surface area contributed by atoms with Crippen molar-refractivity contribution in [1.82, 2.24) is 0 Å². The van der Waals surface area contributed by atoms with Crippen LogP contribution in [-0.4, -0.2) is 17.7 Å². The van der Waals surface area contributed by atoms with Gasteiger partial charge in [0.2, 0.25) is 0 Å². The van der Waals surface area contributed by atoms with Gasteiger partial charge in [-0.15, -0.1) is 0 Å². The molecule has 2 nitrogen and oxygen atoms in total. The van der Waals surface area contributed by atoms with Crippen molar-refractivity contribution < 1.29 is 4.74 Å². The summed E-state index contributed by atoms with van der Waals surface area (Å²) in [5.74, 6) is 0.614. The first-order valence-corrected chi connectivity index (χ1v) is 7.72. The van der Waals surface area contributed by atoms with Crippen molar-refractivity contribution in [2.45, 2.75) is 83.8 Å². The minimum atomic E-state index is -0.0206. The second-order valence-electron chi connectivity index (χ2n) is 7.70. The van der Waals surface area contributed by atoms with Gasteiger partial charge in [0.1, 0.15) is 0 Å². The van der Waals surface area contributed by atoms with Gasteiger partial charge in [0.05, 0.1) is 11.2 Å². The molecule has 1 saturated carbocycles. The van der Waals surface area contributed by atoms with Crippen LogP contribution in [0.25, 0.3) is 0 Å². The Morgan fingerprint density at radius 2 is 1.56 bits per heavy atom. The molecule has 0 aromatic heterocycles. The third kappa shape index (κ3) is 2.60. The van der Waals surface area contributed by atoms with Crippen molar-refractivity contribution in [3.63, 3.8) is 0 Å². The fourth-order valence-corrected chi connectivity index (χ4v) is 4.64. The van der Waals surface area contributed by atoms with Crippen molar-refractivity contribution in [2.75, 3.05) is 6.54 Å². The average molecular weight is 253 g/mol. The molecule has 1 heterocycles. The summed E-state index contributed by atoms with van der Waals surface area (Å²) in [5.41, 5.74) is 6.56. The number of rotatable bonds is 2. The third-order valence-electron chi connectivity index (χ3n) is 5.32. The lowest BCUT2D eigenvalue weighted by atomic mass is 9.63. The van der Waals surface area contributed by atoms with Gasteiger partial charge in [-0.05, 0) is 64.8 Å². The highest BCUT2D eigenvalue weighted by molar-refractivity contribution is 5.04. The molecule has 1 aliphatic heterocycles. The largest absolute Gasteiger partial charge is 0.369 e. The summed E-state index contributed by atoms with van der Waals surface area (Å²) in [6.45, 7) is 9.84. The number of ether oxygens (including phenoxy) is 1. The van der Waals surface area contributed by atoms with Crippen LogP contribution in [0.3, 0.4) is 0 Å². The quantitative estimate of drug-likeness (QED) is 0.758. The molecule has 1 saturated heterocycles. The van der Waals surface area contributed by atoms with E-state index in [0.717, 1.165) is 13.0 Å². The van der Waals surface area contributed by atoms with E-state index >= 15 is 0 Å². The summed E-state index contributed by atoms with van der Waals surface area (Å²) in [6, 6.07) is 0. The molecule has 0 spiro atoms. The van der Waals surface area contributed by atoms with Crippen LogP contribution in [0.1, 0.15) is 72.6 Å². The smallest absolute Gasteiger partial charge is 0.0668 e. The molecule has 2 aliphatic rings. The van der Waals surface area contributed by atoms with Crippen LogP contribution in [0.5, 0.6) is 0 Å². The summed E-state index contributed by atoms with van der Waals surface area (Å²) in [5, 5.41) is 0. The van der Waals surface area contributed by atoms with Gasteiger partial charge in [-0.3, -0.25) is 0 Å². The van der Waals surface area contributed by atoms with Crippen molar-refractivity contribution in [3.05, 3.63) is 0 Å². The van der Waals surface area contributed by atoms with Crippen LogP contribution in [0.2, 0.25) is 0 Å². The molecule has 0 aromatic rings. The molecule has 0 aromatic carbocycles. The van der Waals surface area contributed by atoms with Gasteiger partial charge in [0.15, 0.2) is 0 Å². The Hall–Kier alpha value is -0.0800. The minimum absolute atomic E-state index is 0.0165. The van der Waals surface area contributed by atoms with Crippen molar-refractivity contribution in [1.29, 1.82) is 0 Å². The lowest BCUT2D eigenvalue weighted by Gasteiger charge is -2.43. The molecule has 106 valence electrons. The maximum Gasteiger partial charge on any atom is 0.0668 e. The molecule has 1 aliphatic carbocycles. The van der Waals surface area contributed by atoms with Crippen LogP contribution in [-0.2, 0) is 4.74 Å². The molecule has 2 N–H and O–H groups in total. The average Bonchev–Trinajstić information content (AvgIpc) is 2.46. The predicted octanol–water partition coefficient (Wildman–Crippen LogP) is 3.88. The van der Waals surface area contributed by atoms with Gasteiger partial charge in [-0.25, -0.2) is 0 Å². The monoisotopic (exact) mass is 253 g/mol. The zero-order valence-corrected chi connectivity index (χ0v) is 12.7. The topological polar surface area (TPSA) is 35.2 Å². The zero-order valence-electron chi connectivity index (χ0n) is 12.7. The lowest BCUT2D eigenvalue weighted by Crippen LogP contribution is -2.45. The third-order valence-corrected chi connectivity index (χ3v) is 5.32. The molecule has 0 radical (unpaired) electrons. The Kier molecular flexibility index (Phi) is 3.81. The molecule has 0 amide bonds. The highest BCUT2D eigenvalue weighted by atomic mass is 16.5. The fraction of sp³-hybridized carbons (Fsp3) is 1.00. The zero-order chi connectivity index (χ0) is 13.4. The van der Waals surface area contributed by atoms with Gasteiger partial charge < -0.3 is 10.5 Å². The number of hydrogen-bond acceptors (Lipinski definition) is 2. The maximum absolute atomic E-state index is 6.31. The first kappa shape index (κ1) is 14.3. The van der Waals surface area contributed by atoms with Gasteiger partial charge in [-0.1, -0.05) is 25.7 Å². The van der Waals surface area contributed by atoms with Crippen molar-refractivity contribution in [3.8, 4) is 0 Å². The van der Waals surface area contributed by atoms with Crippen molar-refractivity contribution in [2.24, 2.45) is 17.1 Å². The highest BCUT2D eigenvalue weighted by Crippen LogP contribution is 2.54. The number of hydrogen-bond donors (Lipinski definition) is 1. The second-order valence-corrected chi connectivity index (χ2v) is 7.70. The van der Waals surface area contributed by atoms with E-state index in [9.17, 15) is 0 Å². The molecule has 18 heavy (non-hydrogen) atoms. The van der Waals surface area contributed by atoms with Gasteiger partial charge in [0.25, 0.3) is 0 Å². The maximum atomic E-state index is 6.31. The number of nitrogens with two attached hydrogens (primary N) is 1. The van der Waals surface area contributed by atoms with Crippen LogP contribution in [0.15, 0.2) is 0 Å². The summed E-state index contributed by atoms with van der Waals surface area (Å²) in [6.07, 6.45) is 9.25. The summed E-state index contributed by atoms with van der Waals surface area (Å²) in [7, 11) is 0. The van der Waals surface area contributed by atoms with E-state index in [4.69, 9.17) is 10.5 Å². The Bertz CT molecular complexity index is 287. The normalized spacial score (nSPS) is 34.2. The lowest BCUT2D eigenvalue weighted by molar-refractivity contribution is -0.0909. The molecule has 2 fully saturated rings. The molecular weight excluding hydrogens is 222 g/mol. The van der Waals surface area contributed by atoms with E-state index < -0.39 is 0 Å². The second kappa shape index (κ2) is 4.79. The summed E-state index contributed by atoms with van der Waals surface area (Å²) in [4.78, 5) is 0. The van der Waals surface area contributed by atoms with Gasteiger partial charge in [-0.2, -0.15) is 0 Å². The molecular formula is C16H31NO. The van der Waals surface area contributed by atoms with E-state index in [-0.39, 0.29) is 11.2 Å². The Morgan fingerprint density at radius 1 is 1.00 bits per heavy atom. The van der Waals surface area contributed by atoms with E-state index in [1.165, 1.54) is 38.5 Å². The van der Waals surface area contributed by atoms with Crippen LogP contribution >= 0.6 is 0 Å². The summed E-state index contributed by atoms with van der Waals surface area (Å²) < 4.78 is 6.31. The van der Waals surface area contributed by atoms with Crippen LogP contribution in [0, 0.1) is 11.3 Å². The highest BCUT2D eigenvalue weighted by Gasteiger charge is 2.54. The van der Waals surface area contributed by atoms with Crippen LogP contribution in [0.4, 0.5) is 0 Å². The Balaban J connectivity index is 2.26. The molecule has 1 atom stereocenters. The van der Waals surface area contributed by atoms with E-state index in [1.54, 1.807) is 0 Å². The molecule has 2 rings (SSSR count). The SMILES string of the molecule is CC1(C)CC(C2(CN)CCCCCC2)C(C)(C)O1. The van der Waals surface area contributed by atoms with Gasteiger partial charge in [0, 0.05) is 0 Å². The molecule has 1 unspecified atom stereocenters. The predicted molar refractivity (Wildman–Crippen MR) is 76.5 cm³/mol. The van der Waals surface area contributed by atoms with E-state index in [1.807, 2.05) is 0 Å². The minimum Gasteiger partial charge on any atom is -0.369 e. The Morgan fingerprint density at radius 3 is 1.94 bits per heavy atom. The molecule has 0 bridgehead atoms. The van der Waals surface area contributed by atoms with E-state index in [0.29, 0.717) is 11.3 Å². The van der Waals surface area contributed by atoms with Gasteiger partial charge >= 0.3 is 0 Å². The first-order valence-electron chi connectivity index (χ1n) is 7.72. The van der Waals surface area contributed by atoms with E-state index in [2.05, 4.69) is 27.7 Å². The molecule has 2 heteroatoms. The Labute approximate surface area is 113 Å². The first-order chi connectivity index (χ1) is 8.31.